The molecular weight excluding hydrogens is 274 g/mol. The smallest absolute Gasteiger partial charge is 2.00 e. The minimum absolute atomic E-state index is 0. The molecule has 12 heteroatoms. The summed E-state index contributed by atoms with van der Waals surface area (Å²) in [5.41, 5.74) is 0. The number of rotatable bonds is 0. The molecule has 7 nitrogen and oxygen atoms in total. The first-order valence-corrected chi connectivity index (χ1v) is 2.45. The molecule has 0 saturated carbocycles. The second kappa shape index (κ2) is 29.3. The van der Waals surface area contributed by atoms with Crippen LogP contribution in [0.25, 0.3) is 0 Å². The summed E-state index contributed by atoms with van der Waals surface area (Å²) in [6.45, 7) is 0. The summed E-state index contributed by atoms with van der Waals surface area (Å²) in [6.07, 6.45) is 0. The van der Waals surface area contributed by atoms with E-state index in [1.54, 1.807) is 0 Å². The van der Waals surface area contributed by atoms with Gasteiger partial charge in [-0.25, -0.2) is 0 Å². The van der Waals surface area contributed by atoms with Crippen LogP contribution in [0.3, 0.4) is 0 Å². The van der Waals surface area contributed by atoms with Gasteiger partial charge in [0.25, 0.3) is 0 Å². The molecule has 0 amide bonds. The predicted molar refractivity (Wildman–Crippen MR) is 30.8 cm³/mol. The van der Waals surface area contributed by atoms with Crippen LogP contribution in [0.2, 0.25) is 0 Å². The van der Waals surface area contributed by atoms with Crippen LogP contribution in [-0.4, -0.2) is 119 Å². The molecule has 56 valence electrons. The summed E-state index contributed by atoms with van der Waals surface area (Å²) in [4.78, 5) is 34.3. The van der Waals surface area contributed by atoms with Crippen molar-refractivity contribution in [3.05, 3.63) is 0 Å². The Kier molecular flexibility index (Phi) is 141. The third kappa shape index (κ3) is 171. The van der Waals surface area contributed by atoms with Crippen molar-refractivity contribution in [3.63, 3.8) is 0 Å². The van der Waals surface area contributed by atoms with Gasteiger partial charge in [-0.05, 0) is 0 Å². The molecular formula is Al2Ca2O7Si. The molecule has 0 radical (unpaired) electrons. The van der Waals surface area contributed by atoms with E-state index < -0.39 is 9.05 Å². The van der Waals surface area contributed by atoms with Gasteiger partial charge in [-0.2, -0.15) is 0 Å². The van der Waals surface area contributed by atoms with Crippen molar-refractivity contribution in [1.29, 1.82) is 0 Å². The summed E-state index contributed by atoms with van der Waals surface area (Å²) in [7, 11) is -5.61. The van der Waals surface area contributed by atoms with E-state index in [4.69, 9.17) is 19.2 Å². The van der Waals surface area contributed by atoms with Crippen LogP contribution >= 0.6 is 0 Å². The molecule has 0 saturated heterocycles. The third-order valence-corrected chi connectivity index (χ3v) is 0. The zero-order valence-corrected chi connectivity index (χ0v) is 13.7. The van der Waals surface area contributed by atoms with Crippen molar-refractivity contribution < 1.29 is 35.6 Å². The fraction of sp³-hybridized carbons (Fsp3) is 0. The second-order valence-corrected chi connectivity index (χ2v) is 1.50. The largest absolute Gasteiger partial charge is 3.00 e. The van der Waals surface area contributed by atoms with Gasteiger partial charge in [0.05, 0.1) is 0 Å². The van der Waals surface area contributed by atoms with Gasteiger partial charge in [0, 0.05) is 0 Å². The van der Waals surface area contributed by atoms with Gasteiger partial charge in [0.2, 0.25) is 0 Å². The van der Waals surface area contributed by atoms with Gasteiger partial charge in [-0.15, -0.1) is 0 Å². The Labute approximate surface area is 152 Å². The first kappa shape index (κ1) is 57.9. The molecule has 0 spiro atoms. The zero-order chi connectivity index (χ0) is 4.50. The Balaban J connectivity index is -0.00000000381. The van der Waals surface area contributed by atoms with E-state index in [1.807, 2.05) is 0 Å². The van der Waals surface area contributed by atoms with E-state index in [9.17, 15) is 0 Å². The normalized spacial score (nSPS) is 5.00. The van der Waals surface area contributed by atoms with E-state index in [1.165, 1.54) is 0 Å². The maximum Gasteiger partial charge on any atom is 3.00 e. The SMILES string of the molecule is [Al+3].[Al+3].[Ca+2].[Ca+2].[O-2].[O-2].[O-2].[O-][Si]([O-])([O-])[O-]. The second-order valence-electron chi connectivity index (χ2n) is 0.500. The summed E-state index contributed by atoms with van der Waals surface area (Å²) < 4.78 is 0. The number of hydrogen-bond donors (Lipinski definition) is 0. The fourth-order valence-corrected chi connectivity index (χ4v) is 0. The Morgan fingerprint density at radius 3 is 0.583 bits per heavy atom. The Morgan fingerprint density at radius 1 is 0.583 bits per heavy atom. The van der Waals surface area contributed by atoms with Crippen molar-refractivity contribution >= 4 is 119 Å². The Morgan fingerprint density at radius 2 is 0.583 bits per heavy atom. The molecule has 0 heterocycles. The molecule has 0 aromatic carbocycles. The molecule has 0 rings (SSSR count). The van der Waals surface area contributed by atoms with E-state index in [0.717, 1.165) is 0 Å². The maximum atomic E-state index is 8.58. The minimum atomic E-state index is -5.61. The van der Waals surface area contributed by atoms with Crippen molar-refractivity contribution in [2.75, 3.05) is 0 Å². The van der Waals surface area contributed by atoms with E-state index in [0.29, 0.717) is 0 Å². The standard InChI is InChI=1S/2Al.2Ca.O4Si.3O/c;;;;1-5(2,3)4;;;/q2*+3;2*+2;-4;3*-2. The van der Waals surface area contributed by atoms with Crippen molar-refractivity contribution in [1.82, 2.24) is 0 Å². The van der Waals surface area contributed by atoms with Gasteiger partial charge in [0.15, 0.2) is 0 Å². The van der Waals surface area contributed by atoms with E-state index in [-0.39, 0.29) is 127 Å². The molecule has 0 aliphatic heterocycles. The summed E-state index contributed by atoms with van der Waals surface area (Å²) in [6, 6.07) is 0. The molecule has 12 heavy (non-hydrogen) atoms. The molecule has 0 aromatic heterocycles. The molecule has 0 N–H and O–H groups in total. The van der Waals surface area contributed by atoms with Gasteiger partial charge in [0.1, 0.15) is 0 Å². The molecule has 0 bridgehead atoms. The van der Waals surface area contributed by atoms with Crippen LogP contribution in [0.1, 0.15) is 0 Å². The summed E-state index contributed by atoms with van der Waals surface area (Å²) >= 11 is 0. The van der Waals surface area contributed by atoms with Crippen LogP contribution < -0.4 is 19.2 Å². The van der Waals surface area contributed by atoms with Gasteiger partial charge < -0.3 is 44.7 Å². The van der Waals surface area contributed by atoms with Crippen molar-refractivity contribution in [3.8, 4) is 0 Å². The first-order chi connectivity index (χ1) is 2.00. The van der Waals surface area contributed by atoms with Crippen LogP contribution in [0.15, 0.2) is 0 Å². The minimum Gasteiger partial charge on any atom is -2.00 e. The van der Waals surface area contributed by atoms with Gasteiger partial charge in [-0.1, -0.05) is 0 Å². The topological polar surface area (TPSA) is 178 Å². The van der Waals surface area contributed by atoms with Gasteiger partial charge >= 0.3 is 110 Å². The maximum absolute atomic E-state index is 8.58. The molecule has 0 aromatic rings. The van der Waals surface area contributed by atoms with Crippen molar-refractivity contribution in [2.45, 2.75) is 0 Å². The molecule has 0 fully saturated rings. The molecule has 0 atom stereocenters. The average molecular weight is 274 g/mol. The summed E-state index contributed by atoms with van der Waals surface area (Å²) in [5, 5.41) is 0. The summed E-state index contributed by atoms with van der Waals surface area (Å²) in [5.74, 6) is 0. The van der Waals surface area contributed by atoms with Crippen LogP contribution in [0.5, 0.6) is 0 Å². The predicted octanol–water partition coefficient (Wildman–Crippen LogP) is -7.02. The Bertz CT molecular complexity index is 34.9. The molecule has 0 unspecified atom stereocenters. The van der Waals surface area contributed by atoms with Crippen LogP contribution in [0.4, 0.5) is 0 Å². The monoisotopic (exact) mass is 274 g/mol. The molecule has 0 aliphatic carbocycles. The third-order valence-electron chi connectivity index (χ3n) is 0. The van der Waals surface area contributed by atoms with Crippen LogP contribution in [-0.2, 0) is 16.4 Å². The van der Waals surface area contributed by atoms with Gasteiger partial charge in [-0.3, -0.25) is 0 Å². The first-order valence-electron chi connectivity index (χ1n) is 0.816. The average Bonchev–Trinajstić information content (AvgIpc) is 0.722. The number of hydrogen-bond acceptors (Lipinski definition) is 4. The van der Waals surface area contributed by atoms with E-state index in [2.05, 4.69) is 0 Å². The Hall–Kier alpha value is 3.52. The molecule has 0 aliphatic rings. The quantitative estimate of drug-likeness (QED) is 0.398. The van der Waals surface area contributed by atoms with E-state index >= 15 is 0 Å². The zero-order valence-electron chi connectivity index (χ0n) is 5.93. The van der Waals surface area contributed by atoms with Crippen molar-refractivity contribution in [2.24, 2.45) is 0 Å². The van der Waals surface area contributed by atoms with Crippen LogP contribution in [0, 0.1) is 0 Å². The fourth-order valence-electron chi connectivity index (χ4n) is 0.